The first-order valence-electron chi connectivity index (χ1n) is 6.38. The number of benzene rings is 1. The number of carbonyl (C=O) groups is 1. The van der Waals surface area contributed by atoms with Crippen LogP contribution in [-0.2, 0) is 11.8 Å². The fraction of sp³-hybridized carbons (Fsp3) is 0.385. The summed E-state index contributed by atoms with van der Waals surface area (Å²) in [5.74, 6) is 0.282. The van der Waals surface area contributed by atoms with Gasteiger partial charge in [-0.1, -0.05) is 19.1 Å². The molecule has 1 heterocycles. The van der Waals surface area contributed by atoms with Crippen molar-refractivity contribution in [1.29, 1.82) is 0 Å². The summed E-state index contributed by atoms with van der Waals surface area (Å²) in [6.07, 6.45) is 0. The predicted octanol–water partition coefficient (Wildman–Crippen LogP) is 1.22. The number of rotatable bonds is 4. The zero-order chi connectivity index (χ0) is 14.7. The lowest BCUT2D eigenvalue weighted by atomic mass is 10.0. The lowest BCUT2D eigenvalue weighted by Gasteiger charge is -2.15. The zero-order valence-corrected chi connectivity index (χ0v) is 13.0. The van der Waals surface area contributed by atoms with Crippen LogP contribution in [0.4, 0.5) is 5.69 Å². The molecular formula is C13H19ClN6O. The summed E-state index contributed by atoms with van der Waals surface area (Å²) in [5.41, 5.74) is 7.26. The average molecular weight is 311 g/mol. The van der Waals surface area contributed by atoms with Crippen molar-refractivity contribution >= 4 is 24.0 Å². The van der Waals surface area contributed by atoms with Crippen LogP contribution in [0.2, 0.25) is 0 Å². The quantitative estimate of drug-likeness (QED) is 0.884. The third-order valence-electron chi connectivity index (χ3n) is 3.21. The van der Waals surface area contributed by atoms with Gasteiger partial charge in [0, 0.05) is 24.3 Å². The van der Waals surface area contributed by atoms with E-state index in [0.29, 0.717) is 11.5 Å². The molecular weight excluding hydrogens is 292 g/mol. The van der Waals surface area contributed by atoms with E-state index in [1.54, 1.807) is 18.7 Å². The van der Waals surface area contributed by atoms with Gasteiger partial charge in [0.1, 0.15) is 0 Å². The van der Waals surface area contributed by atoms with Crippen LogP contribution in [0.15, 0.2) is 24.3 Å². The van der Waals surface area contributed by atoms with Crippen LogP contribution < -0.4 is 11.1 Å². The first-order chi connectivity index (χ1) is 9.49. The van der Waals surface area contributed by atoms with Gasteiger partial charge < -0.3 is 11.1 Å². The fourth-order valence-electron chi connectivity index (χ4n) is 1.70. The molecule has 2 rings (SSSR count). The third kappa shape index (κ3) is 3.99. The summed E-state index contributed by atoms with van der Waals surface area (Å²) in [5, 5.41) is 14.2. The largest absolute Gasteiger partial charge is 0.327 e. The maximum Gasteiger partial charge on any atom is 0.228 e. The van der Waals surface area contributed by atoms with E-state index in [-0.39, 0.29) is 30.3 Å². The number of halogens is 1. The van der Waals surface area contributed by atoms with E-state index in [1.165, 1.54) is 0 Å². The molecule has 0 aliphatic heterocycles. The minimum atomic E-state index is -0.254. The van der Waals surface area contributed by atoms with Crippen LogP contribution in [0.1, 0.15) is 13.8 Å². The lowest BCUT2D eigenvalue weighted by Crippen LogP contribution is -2.34. The molecule has 0 spiro atoms. The third-order valence-corrected chi connectivity index (χ3v) is 3.21. The summed E-state index contributed by atoms with van der Waals surface area (Å²) in [7, 11) is 1.76. The Balaban J connectivity index is 0.00000220. The molecule has 1 amide bonds. The molecule has 8 heteroatoms. The summed E-state index contributed by atoms with van der Waals surface area (Å²) in [6, 6.07) is 7.18. The molecule has 0 aliphatic carbocycles. The van der Waals surface area contributed by atoms with Gasteiger partial charge >= 0.3 is 0 Å². The standard InChI is InChI=1S/C13H18N6O.ClH/c1-8(9(2)14)13(20)15-11-6-4-5-10(7-11)12-16-17-18-19(12)3;/h4-9H,14H2,1-3H3,(H,15,20);1H. The zero-order valence-electron chi connectivity index (χ0n) is 12.1. The van der Waals surface area contributed by atoms with Crippen LogP contribution in [0.5, 0.6) is 0 Å². The molecule has 0 bridgehead atoms. The van der Waals surface area contributed by atoms with E-state index < -0.39 is 0 Å². The number of hydrogen-bond acceptors (Lipinski definition) is 5. The van der Waals surface area contributed by atoms with Gasteiger partial charge in [0.15, 0.2) is 5.82 Å². The van der Waals surface area contributed by atoms with Crippen molar-refractivity contribution in [3.8, 4) is 11.4 Å². The van der Waals surface area contributed by atoms with Crippen molar-refractivity contribution in [2.75, 3.05) is 5.32 Å². The van der Waals surface area contributed by atoms with Crippen LogP contribution in [0, 0.1) is 5.92 Å². The monoisotopic (exact) mass is 310 g/mol. The molecule has 2 atom stereocenters. The molecule has 0 saturated carbocycles. The molecule has 21 heavy (non-hydrogen) atoms. The number of tetrazole rings is 1. The predicted molar refractivity (Wildman–Crippen MR) is 82.9 cm³/mol. The Hall–Kier alpha value is -1.99. The van der Waals surface area contributed by atoms with E-state index >= 15 is 0 Å². The van der Waals surface area contributed by atoms with Gasteiger partial charge in [0.2, 0.25) is 5.91 Å². The number of amides is 1. The van der Waals surface area contributed by atoms with Crippen molar-refractivity contribution in [2.24, 2.45) is 18.7 Å². The molecule has 114 valence electrons. The number of hydrogen-bond donors (Lipinski definition) is 2. The molecule has 7 nitrogen and oxygen atoms in total. The number of nitrogens with two attached hydrogens (primary N) is 1. The van der Waals surface area contributed by atoms with Gasteiger partial charge in [0.25, 0.3) is 0 Å². The van der Waals surface area contributed by atoms with E-state index in [9.17, 15) is 4.79 Å². The maximum atomic E-state index is 12.0. The summed E-state index contributed by atoms with van der Waals surface area (Å²) in [4.78, 5) is 12.0. The molecule has 1 aromatic carbocycles. The number of aryl methyl sites for hydroxylation is 1. The van der Waals surface area contributed by atoms with Crippen molar-refractivity contribution in [2.45, 2.75) is 19.9 Å². The van der Waals surface area contributed by atoms with Crippen molar-refractivity contribution in [1.82, 2.24) is 20.2 Å². The van der Waals surface area contributed by atoms with Gasteiger partial charge in [0.05, 0.1) is 5.92 Å². The van der Waals surface area contributed by atoms with Gasteiger partial charge in [-0.3, -0.25) is 4.79 Å². The van der Waals surface area contributed by atoms with Gasteiger partial charge in [-0.25, -0.2) is 4.68 Å². The Kier molecular flexibility index (Phi) is 5.80. The van der Waals surface area contributed by atoms with Gasteiger partial charge in [-0.05, 0) is 29.5 Å². The van der Waals surface area contributed by atoms with Crippen LogP contribution in [0.3, 0.4) is 0 Å². The molecule has 2 aromatic rings. The van der Waals surface area contributed by atoms with E-state index in [2.05, 4.69) is 20.8 Å². The van der Waals surface area contributed by atoms with E-state index in [4.69, 9.17) is 5.73 Å². The first kappa shape index (κ1) is 17.1. The Morgan fingerprint density at radius 3 is 2.67 bits per heavy atom. The number of aromatic nitrogens is 4. The number of carbonyl (C=O) groups excluding carboxylic acids is 1. The molecule has 0 saturated heterocycles. The molecule has 1 aromatic heterocycles. The molecule has 0 aliphatic rings. The number of nitrogens with zero attached hydrogens (tertiary/aromatic N) is 4. The minimum absolute atomic E-state index is 0. The summed E-state index contributed by atoms with van der Waals surface area (Å²) in [6.45, 7) is 3.61. The van der Waals surface area contributed by atoms with Gasteiger partial charge in [-0.2, -0.15) is 0 Å². The fourth-order valence-corrected chi connectivity index (χ4v) is 1.70. The van der Waals surface area contributed by atoms with Crippen molar-refractivity contribution < 1.29 is 4.79 Å². The van der Waals surface area contributed by atoms with Crippen molar-refractivity contribution in [3.05, 3.63) is 24.3 Å². The van der Waals surface area contributed by atoms with Crippen molar-refractivity contribution in [3.63, 3.8) is 0 Å². The van der Waals surface area contributed by atoms with Crippen LogP contribution >= 0.6 is 12.4 Å². The highest BCUT2D eigenvalue weighted by molar-refractivity contribution is 5.93. The number of anilines is 1. The second-order valence-electron chi connectivity index (χ2n) is 4.84. The smallest absolute Gasteiger partial charge is 0.228 e. The second-order valence-corrected chi connectivity index (χ2v) is 4.84. The van der Waals surface area contributed by atoms with Crippen LogP contribution in [0.25, 0.3) is 11.4 Å². The first-order valence-corrected chi connectivity index (χ1v) is 6.38. The van der Waals surface area contributed by atoms with Gasteiger partial charge in [-0.15, -0.1) is 17.5 Å². The average Bonchev–Trinajstić information content (AvgIpc) is 2.84. The number of nitrogens with one attached hydrogen (secondary N) is 1. The van der Waals surface area contributed by atoms with E-state index in [1.807, 2.05) is 31.2 Å². The highest BCUT2D eigenvalue weighted by Gasteiger charge is 2.17. The highest BCUT2D eigenvalue weighted by Crippen LogP contribution is 2.20. The van der Waals surface area contributed by atoms with Crippen LogP contribution in [-0.4, -0.2) is 32.2 Å². The molecule has 3 N–H and O–H groups in total. The Morgan fingerprint density at radius 1 is 1.38 bits per heavy atom. The van der Waals surface area contributed by atoms with E-state index in [0.717, 1.165) is 5.56 Å². The maximum absolute atomic E-state index is 12.0. The Morgan fingerprint density at radius 2 is 2.10 bits per heavy atom. The normalized spacial score (nSPS) is 13.1. The second kappa shape index (κ2) is 7.14. The Bertz CT molecular complexity index is 612. The summed E-state index contributed by atoms with van der Waals surface area (Å²) < 4.78 is 1.57. The highest BCUT2D eigenvalue weighted by atomic mass is 35.5. The minimum Gasteiger partial charge on any atom is -0.327 e. The molecule has 0 fully saturated rings. The molecule has 2 unspecified atom stereocenters. The topological polar surface area (TPSA) is 98.7 Å². The SMILES string of the molecule is CC(N)C(C)C(=O)Nc1cccc(-c2nnnn2C)c1.Cl. The lowest BCUT2D eigenvalue weighted by molar-refractivity contribution is -0.119. The molecule has 0 radical (unpaired) electrons. The Labute approximate surface area is 129 Å². The summed E-state index contributed by atoms with van der Waals surface area (Å²) >= 11 is 0.